The molecule has 0 spiro atoms. The molecule has 3 aliphatic heterocycles. The minimum atomic E-state index is -0.486. The number of fused-ring (bicyclic) bond motifs is 4. The zero-order chi connectivity index (χ0) is 19.8. The van der Waals surface area contributed by atoms with Crippen LogP contribution in [0.5, 0.6) is 0 Å². The number of aromatic nitrogens is 1. The molecule has 30 heavy (non-hydrogen) atoms. The molecule has 3 saturated heterocycles. The zero-order valence-corrected chi connectivity index (χ0v) is 18.8. The van der Waals surface area contributed by atoms with E-state index < -0.39 is 6.10 Å². The summed E-state index contributed by atoms with van der Waals surface area (Å²) in [6.07, 6.45) is 5.79. The highest BCUT2D eigenvalue weighted by atomic mass is 79.9. The van der Waals surface area contributed by atoms with E-state index in [0.717, 1.165) is 47.0 Å². The van der Waals surface area contributed by atoms with Crippen LogP contribution in [0.4, 0.5) is 0 Å². The van der Waals surface area contributed by atoms with E-state index in [0.29, 0.717) is 11.8 Å². The highest BCUT2D eigenvalue weighted by molar-refractivity contribution is 5.82. The number of hydrogen-bond acceptors (Lipinski definition) is 2. The van der Waals surface area contributed by atoms with Crippen molar-refractivity contribution in [2.75, 3.05) is 13.1 Å². The van der Waals surface area contributed by atoms with Crippen molar-refractivity contribution in [2.45, 2.75) is 31.5 Å². The number of pyridine rings is 1. The lowest BCUT2D eigenvalue weighted by Gasteiger charge is -2.58. The second-order valence-electron chi connectivity index (χ2n) is 8.88. The van der Waals surface area contributed by atoms with E-state index in [9.17, 15) is 5.11 Å². The molecule has 3 fully saturated rings. The predicted molar refractivity (Wildman–Crippen MR) is 117 cm³/mol. The monoisotopic (exact) mass is 464 g/mol. The first kappa shape index (κ1) is 21.2. The summed E-state index contributed by atoms with van der Waals surface area (Å²) in [4.78, 5) is 4.50. The van der Waals surface area contributed by atoms with Crippen molar-refractivity contribution >= 4 is 10.9 Å². The number of benzene rings is 2. The average molecular weight is 465 g/mol. The van der Waals surface area contributed by atoms with Crippen LogP contribution >= 0.6 is 0 Å². The maximum atomic E-state index is 11.7. The molecule has 1 unspecified atom stereocenters. The van der Waals surface area contributed by atoms with E-state index in [1.807, 2.05) is 30.5 Å². The topological polar surface area (TPSA) is 33.1 Å². The van der Waals surface area contributed by atoms with Crippen molar-refractivity contribution in [1.29, 1.82) is 0 Å². The third kappa shape index (κ3) is 3.62. The van der Waals surface area contributed by atoms with Crippen LogP contribution in [-0.4, -0.2) is 33.7 Å². The molecule has 156 valence electrons. The summed E-state index contributed by atoms with van der Waals surface area (Å²) < 4.78 is 0.953. The lowest BCUT2D eigenvalue weighted by molar-refractivity contribution is -0.984. The van der Waals surface area contributed by atoms with Gasteiger partial charge in [0.1, 0.15) is 18.7 Å². The SMILES string of the molecule is C=C[C@H]1C[N+]2(Cc3ccccc3)CC[C@H]1C[C@@H]2[C@@H](O)c1ccnc2ccccc12.[Br-]. The van der Waals surface area contributed by atoms with Gasteiger partial charge < -0.3 is 26.6 Å². The Labute approximate surface area is 189 Å². The van der Waals surface area contributed by atoms with Gasteiger partial charge in [-0.25, -0.2) is 0 Å². The van der Waals surface area contributed by atoms with Gasteiger partial charge in [-0.15, -0.1) is 6.58 Å². The van der Waals surface area contributed by atoms with Crippen molar-refractivity contribution in [3.63, 3.8) is 0 Å². The second kappa shape index (κ2) is 8.62. The smallest absolute Gasteiger partial charge is 0.131 e. The normalized spacial score (nSPS) is 28.6. The molecule has 0 aliphatic carbocycles. The van der Waals surface area contributed by atoms with Gasteiger partial charge in [-0.05, 0) is 23.6 Å². The van der Waals surface area contributed by atoms with Gasteiger partial charge in [0.15, 0.2) is 0 Å². The standard InChI is InChI=1S/C26H29N2O.BrH/c1-2-20-18-28(17-19-8-4-3-5-9-19)15-13-21(20)16-25(28)26(29)23-12-14-27-24-11-7-6-10-22(23)24;/h2-12,14,20-21,25-26,29H,1,13,15-18H2;1H/q+1;/p-1/t20-,21-,25+,26-,28?;/m0./s1. The molecule has 0 saturated carbocycles. The van der Waals surface area contributed by atoms with Crippen LogP contribution < -0.4 is 17.0 Å². The summed E-state index contributed by atoms with van der Waals surface area (Å²) in [5.74, 6) is 1.18. The van der Waals surface area contributed by atoms with Crippen LogP contribution in [-0.2, 0) is 6.54 Å². The molecule has 3 nitrogen and oxygen atoms in total. The highest BCUT2D eigenvalue weighted by Gasteiger charge is 2.53. The minimum absolute atomic E-state index is 0. The van der Waals surface area contributed by atoms with E-state index in [1.165, 1.54) is 12.0 Å². The van der Waals surface area contributed by atoms with Crippen LogP contribution in [0.2, 0.25) is 0 Å². The molecule has 1 aromatic heterocycles. The fourth-order valence-corrected chi connectivity index (χ4v) is 5.91. The van der Waals surface area contributed by atoms with E-state index >= 15 is 0 Å². The molecule has 0 amide bonds. The molecule has 2 aromatic carbocycles. The Hall–Kier alpha value is -2.01. The summed E-state index contributed by atoms with van der Waals surface area (Å²) in [6, 6.07) is 21.2. The van der Waals surface area contributed by atoms with Crippen LogP contribution in [0.3, 0.4) is 0 Å². The number of aliphatic hydroxyl groups is 1. The number of para-hydroxylation sites is 1. The third-order valence-corrected chi connectivity index (χ3v) is 7.38. The zero-order valence-electron chi connectivity index (χ0n) is 17.2. The van der Waals surface area contributed by atoms with Gasteiger partial charge in [0.25, 0.3) is 0 Å². The Bertz CT molecular complexity index is 1020. The van der Waals surface area contributed by atoms with Crippen LogP contribution in [0.1, 0.15) is 30.1 Å². The van der Waals surface area contributed by atoms with Crippen LogP contribution in [0, 0.1) is 11.8 Å². The number of hydrogen-bond donors (Lipinski definition) is 1. The molecular weight excluding hydrogens is 436 g/mol. The quantitative estimate of drug-likeness (QED) is 0.461. The van der Waals surface area contributed by atoms with E-state index in [4.69, 9.17) is 0 Å². The van der Waals surface area contributed by atoms with E-state index in [1.54, 1.807) is 0 Å². The lowest BCUT2D eigenvalue weighted by Crippen LogP contribution is -3.00. The van der Waals surface area contributed by atoms with Gasteiger partial charge in [-0.1, -0.05) is 54.6 Å². The number of piperidine rings is 3. The average Bonchev–Trinajstić information content (AvgIpc) is 2.78. The largest absolute Gasteiger partial charge is 1.00 e. The van der Waals surface area contributed by atoms with Gasteiger partial charge in [-0.2, -0.15) is 0 Å². The maximum Gasteiger partial charge on any atom is 0.131 e. The fraction of sp³-hybridized carbons (Fsp3) is 0.346. The number of aliphatic hydroxyl groups excluding tert-OH is 1. The van der Waals surface area contributed by atoms with Gasteiger partial charge in [0.2, 0.25) is 0 Å². The number of nitrogens with zero attached hydrogens (tertiary/aromatic N) is 2. The van der Waals surface area contributed by atoms with Crippen LogP contribution in [0.25, 0.3) is 10.9 Å². The van der Waals surface area contributed by atoms with Crippen LogP contribution in [0.15, 0.2) is 79.5 Å². The van der Waals surface area contributed by atoms with E-state index in [-0.39, 0.29) is 23.0 Å². The molecule has 1 N–H and O–H groups in total. The molecule has 3 aliphatic rings. The van der Waals surface area contributed by atoms with Crippen molar-refractivity contribution in [3.05, 3.63) is 90.6 Å². The highest BCUT2D eigenvalue weighted by Crippen LogP contribution is 2.47. The summed E-state index contributed by atoms with van der Waals surface area (Å²) in [7, 11) is 0. The van der Waals surface area contributed by atoms with Gasteiger partial charge in [-0.3, -0.25) is 4.98 Å². The number of rotatable bonds is 5. The van der Waals surface area contributed by atoms with E-state index in [2.05, 4.69) is 54.0 Å². The first-order valence-electron chi connectivity index (χ1n) is 10.7. The third-order valence-electron chi connectivity index (χ3n) is 7.38. The molecule has 0 radical (unpaired) electrons. The van der Waals surface area contributed by atoms with Crippen molar-refractivity contribution in [1.82, 2.24) is 4.98 Å². The summed E-state index contributed by atoms with van der Waals surface area (Å²) in [5, 5.41) is 12.8. The Morgan fingerprint density at radius 3 is 2.67 bits per heavy atom. The Morgan fingerprint density at radius 1 is 1.10 bits per heavy atom. The van der Waals surface area contributed by atoms with Crippen molar-refractivity contribution < 1.29 is 26.6 Å². The second-order valence-corrected chi connectivity index (χ2v) is 8.88. The summed E-state index contributed by atoms with van der Waals surface area (Å²) >= 11 is 0. The molecule has 2 bridgehead atoms. The Morgan fingerprint density at radius 2 is 1.87 bits per heavy atom. The first-order valence-corrected chi connectivity index (χ1v) is 10.7. The maximum absolute atomic E-state index is 11.7. The molecule has 5 atom stereocenters. The molecular formula is C26H29BrN2O. The first-order chi connectivity index (χ1) is 14.2. The summed E-state index contributed by atoms with van der Waals surface area (Å²) in [5.41, 5.74) is 3.33. The minimum Gasteiger partial charge on any atom is -1.00 e. The predicted octanol–water partition coefficient (Wildman–Crippen LogP) is 1.88. The molecule has 3 aromatic rings. The van der Waals surface area contributed by atoms with Gasteiger partial charge in [0.05, 0.1) is 18.6 Å². The molecule has 4 heteroatoms. The fourth-order valence-electron chi connectivity index (χ4n) is 5.91. The summed E-state index contributed by atoms with van der Waals surface area (Å²) in [6.45, 7) is 7.32. The number of halogens is 1. The Kier molecular flexibility index (Phi) is 6.10. The number of quaternary nitrogens is 1. The van der Waals surface area contributed by atoms with Gasteiger partial charge in [0, 0.05) is 35.9 Å². The van der Waals surface area contributed by atoms with Crippen molar-refractivity contribution in [3.8, 4) is 0 Å². The Balaban J connectivity index is 0.00000218. The van der Waals surface area contributed by atoms with Gasteiger partial charge >= 0.3 is 0 Å². The molecule has 4 heterocycles. The lowest BCUT2D eigenvalue weighted by atomic mass is 9.71. The van der Waals surface area contributed by atoms with Crippen molar-refractivity contribution in [2.24, 2.45) is 11.8 Å². The molecule has 6 rings (SSSR count).